The van der Waals surface area contributed by atoms with Crippen molar-refractivity contribution in [3.8, 4) is 22.3 Å². The van der Waals surface area contributed by atoms with Gasteiger partial charge in [0.1, 0.15) is 0 Å². The van der Waals surface area contributed by atoms with Gasteiger partial charge in [-0.15, -0.1) is 0 Å². The molecule has 0 heteroatoms. The van der Waals surface area contributed by atoms with Gasteiger partial charge in [-0.05, 0) is 34.7 Å². The highest BCUT2D eigenvalue weighted by Crippen LogP contribution is 2.28. The van der Waals surface area contributed by atoms with Gasteiger partial charge < -0.3 is 0 Å². The summed E-state index contributed by atoms with van der Waals surface area (Å²) >= 11 is 0. The Hall–Kier alpha value is -2.34. The van der Waals surface area contributed by atoms with Crippen molar-refractivity contribution >= 4 is 0 Å². The van der Waals surface area contributed by atoms with Gasteiger partial charge >= 0.3 is 0 Å². The third-order valence-electron chi connectivity index (χ3n) is 3.42. The maximum Gasteiger partial charge on any atom is -0.0154 e. The van der Waals surface area contributed by atoms with E-state index in [1.165, 1.54) is 27.8 Å². The predicted octanol–water partition coefficient (Wildman–Crippen LogP) is 9.43. The molecule has 0 atom stereocenters. The summed E-state index contributed by atoms with van der Waals surface area (Å²) in [5.74, 6) is 0. The van der Waals surface area contributed by atoms with Crippen LogP contribution in [0.2, 0.25) is 0 Å². The number of rotatable bonds is 2. The lowest BCUT2D eigenvalue weighted by atomic mass is 9.96. The molecule has 0 nitrogen and oxygen atoms in total. The molecule has 0 amide bonds. The average Bonchev–Trinajstić information content (AvgIpc) is 2.80. The van der Waals surface area contributed by atoms with Gasteiger partial charge in [-0.1, -0.05) is 134 Å². The van der Waals surface area contributed by atoms with E-state index < -0.39 is 0 Å². The minimum absolute atomic E-state index is 1.27. The van der Waals surface area contributed by atoms with Gasteiger partial charge in [0, 0.05) is 0 Å². The molecular formula is C27H40. The summed E-state index contributed by atoms with van der Waals surface area (Å²) < 4.78 is 0. The standard InChI is InChI=1S/C19H16.4C2H6/c1-15-14-18(16-8-4-2-5-9-16)12-13-19(15)17-10-6-3-7-11-17;4*1-2/h2-14H,1H3;4*1-2H3. The number of benzene rings is 3. The zero-order valence-electron chi connectivity index (χ0n) is 19.0. The van der Waals surface area contributed by atoms with Crippen LogP contribution < -0.4 is 0 Å². The van der Waals surface area contributed by atoms with Crippen LogP contribution in [0.4, 0.5) is 0 Å². The first kappa shape index (κ1) is 26.9. The first-order chi connectivity index (χ1) is 13.3. The fourth-order valence-electron chi connectivity index (χ4n) is 2.42. The van der Waals surface area contributed by atoms with Gasteiger partial charge in [0.25, 0.3) is 0 Å². The van der Waals surface area contributed by atoms with Gasteiger partial charge in [-0.3, -0.25) is 0 Å². The molecule has 0 aliphatic heterocycles. The molecule has 3 aromatic carbocycles. The van der Waals surface area contributed by atoms with Gasteiger partial charge in [-0.2, -0.15) is 0 Å². The van der Waals surface area contributed by atoms with Crippen LogP contribution >= 0.6 is 0 Å². The third-order valence-corrected chi connectivity index (χ3v) is 3.42. The molecule has 0 aliphatic carbocycles. The smallest absolute Gasteiger partial charge is 0.0154 e. The Morgan fingerprint density at radius 3 is 1.22 bits per heavy atom. The first-order valence-electron chi connectivity index (χ1n) is 10.6. The summed E-state index contributed by atoms with van der Waals surface area (Å²) in [6.45, 7) is 18.2. The quantitative estimate of drug-likeness (QED) is 0.424. The van der Waals surface area contributed by atoms with Crippen molar-refractivity contribution in [3.05, 3.63) is 84.4 Å². The lowest BCUT2D eigenvalue weighted by Crippen LogP contribution is -1.85. The van der Waals surface area contributed by atoms with Crippen molar-refractivity contribution < 1.29 is 0 Å². The molecule has 148 valence electrons. The Morgan fingerprint density at radius 1 is 0.407 bits per heavy atom. The monoisotopic (exact) mass is 364 g/mol. The molecule has 3 aromatic rings. The van der Waals surface area contributed by atoms with Crippen molar-refractivity contribution in [1.29, 1.82) is 0 Å². The molecule has 3 rings (SSSR count). The van der Waals surface area contributed by atoms with E-state index >= 15 is 0 Å². The molecule has 0 N–H and O–H groups in total. The number of hydrogen-bond acceptors (Lipinski definition) is 0. The van der Waals surface area contributed by atoms with E-state index in [-0.39, 0.29) is 0 Å². The molecule has 0 saturated heterocycles. The van der Waals surface area contributed by atoms with Crippen LogP contribution in [0.15, 0.2) is 78.9 Å². The molecule has 0 unspecified atom stereocenters. The van der Waals surface area contributed by atoms with E-state index in [1.807, 2.05) is 55.4 Å². The third kappa shape index (κ3) is 9.24. The molecule has 0 saturated carbocycles. The Balaban J connectivity index is 0. The van der Waals surface area contributed by atoms with Crippen LogP contribution in [0.1, 0.15) is 61.0 Å². The fourth-order valence-corrected chi connectivity index (χ4v) is 2.42. The Morgan fingerprint density at radius 2 is 0.815 bits per heavy atom. The second-order valence-electron chi connectivity index (χ2n) is 4.76. The predicted molar refractivity (Wildman–Crippen MR) is 127 cm³/mol. The van der Waals surface area contributed by atoms with Gasteiger partial charge in [0.2, 0.25) is 0 Å². The summed E-state index contributed by atoms with van der Waals surface area (Å²) in [4.78, 5) is 0. The molecule has 0 heterocycles. The van der Waals surface area contributed by atoms with Gasteiger partial charge in [0.05, 0.1) is 0 Å². The van der Waals surface area contributed by atoms with E-state index in [4.69, 9.17) is 0 Å². The van der Waals surface area contributed by atoms with Crippen molar-refractivity contribution in [2.75, 3.05) is 0 Å². The second-order valence-corrected chi connectivity index (χ2v) is 4.76. The Labute approximate surface area is 169 Å². The van der Waals surface area contributed by atoms with Crippen molar-refractivity contribution in [3.63, 3.8) is 0 Å². The second kappa shape index (κ2) is 18.5. The van der Waals surface area contributed by atoms with E-state index in [2.05, 4.69) is 85.8 Å². The number of aryl methyl sites for hydroxylation is 1. The SMILES string of the molecule is CC.CC.CC.CC.Cc1cc(-c2ccccc2)ccc1-c1ccccc1. The minimum atomic E-state index is 1.27. The summed E-state index contributed by atoms with van der Waals surface area (Å²) in [5.41, 5.74) is 6.44. The lowest BCUT2D eigenvalue weighted by Gasteiger charge is -2.09. The summed E-state index contributed by atoms with van der Waals surface area (Å²) in [6.07, 6.45) is 0. The zero-order valence-corrected chi connectivity index (χ0v) is 19.0. The molecule has 0 fully saturated rings. The van der Waals surface area contributed by atoms with Crippen molar-refractivity contribution in [1.82, 2.24) is 0 Å². The summed E-state index contributed by atoms with van der Waals surface area (Å²) in [7, 11) is 0. The Bertz CT molecular complexity index is 667. The van der Waals surface area contributed by atoms with Crippen molar-refractivity contribution in [2.24, 2.45) is 0 Å². The minimum Gasteiger partial charge on any atom is -0.0683 e. The molecule has 0 bridgehead atoms. The molecule has 27 heavy (non-hydrogen) atoms. The normalized spacial score (nSPS) is 8.19. The maximum atomic E-state index is 2.26. The largest absolute Gasteiger partial charge is 0.0683 e. The molecule has 0 aromatic heterocycles. The van der Waals surface area contributed by atoms with Crippen LogP contribution in [0.3, 0.4) is 0 Å². The van der Waals surface area contributed by atoms with E-state index in [9.17, 15) is 0 Å². The van der Waals surface area contributed by atoms with Crippen LogP contribution in [0, 0.1) is 6.92 Å². The van der Waals surface area contributed by atoms with Crippen LogP contribution in [0.25, 0.3) is 22.3 Å². The lowest BCUT2D eigenvalue weighted by molar-refractivity contribution is 1.45. The fraction of sp³-hybridized carbons (Fsp3) is 0.333. The highest BCUT2D eigenvalue weighted by Gasteiger charge is 2.03. The zero-order chi connectivity index (χ0) is 21.1. The topological polar surface area (TPSA) is 0 Å². The molecule has 0 spiro atoms. The molecule has 0 radical (unpaired) electrons. The summed E-state index contributed by atoms with van der Waals surface area (Å²) in [6, 6.07) is 27.7. The highest BCUT2D eigenvalue weighted by atomic mass is 14.1. The van der Waals surface area contributed by atoms with E-state index in [1.54, 1.807) is 0 Å². The van der Waals surface area contributed by atoms with Crippen LogP contribution in [-0.2, 0) is 0 Å². The number of hydrogen-bond donors (Lipinski definition) is 0. The Kier molecular flexibility index (Phi) is 18.4. The highest BCUT2D eigenvalue weighted by molar-refractivity contribution is 5.73. The van der Waals surface area contributed by atoms with Gasteiger partial charge in [-0.25, -0.2) is 0 Å². The summed E-state index contributed by atoms with van der Waals surface area (Å²) in [5, 5.41) is 0. The van der Waals surface area contributed by atoms with Crippen molar-refractivity contribution in [2.45, 2.75) is 62.3 Å². The van der Waals surface area contributed by atoms with Gasteiger partial charge in [0.15, 0.2) is 0 Å². The first-order valence-corrected chi connectivity index (χ1v) is 10.6. The molecular weight excluding hydrogens is 324 g/mol. The van der Waals surface area contributed by atoms with Crippen LogP contribution in [-0.4, -0.2) is 0 Å². The van der Waals surface area contributed by atoms with E-state index in [0.717, 1.165) is 0 Å². The molecule has 0 aliphatic rings. The average molecular weight is 365 g/mol. The van der Waals surface area contributed by atoms with Crippen LogP contribution in [0.5, 0.6) is 0 Å². The van der Waals surface area contributed by atoms with E-state index in [0.29, 0.717) is 0 Å². The maximum absolute atomic E-state index is 2.26.